The number of carbonyl (C=O) groups is 2. The molecule has 1 heterocycles. The van der Waals surface area contributed by atoms with Gasteiger partial charge in [-0.25, -0.2) is 9.78 Å². The second-order valence-electron chi connectivity index (χ2n) is 5.55. The smallest absolute Gasteiger partial charge is 0.338 e. The molecular formula is C18H25N3O3S. The van der Waals surface area contributed by atoms with Gasteiger partial charge in [0.05, 0.1) is 29.0 Å². The van der Waals surface area contributed by atoms with Crippen LogP contribution in [0.4, 0.5) is 0 Å². The van der Waals surface area contributed by atoms with Crippen LogP contribution in [0.1, 0.15) is 44.0 Å². The zero-order chi connectivity index (χ0) is 18.2. The van der Waals surface area contributed by atoms with Crippen molar-refractivity contribution in [3.8, 4) is 0 Å². The molecule has 0 fully saturated rings. The first-order chi connectivity index (χ1) is 12.1. The first kappa shape index (κ1) is 19.3. The minimum absolute atomic E-state index is 0.0142. The Bertz CT molecular complexity index is 742. The van der Waals surface area contributed by atoms with Crippen molar-refractivity contribution in [2.75, 3.05) is 18.9 Å². The van der Waals surface area contributed by atoms with Gasteiger partial charge in [-0.05, 0) is 38.5 Å². The van der Waals surface area contributed by atoms with Gasteiger partial charge in [0.25, 0.3) is 0 Å². The van der Waals surface area contributed by atoms with Crippen molar-refractivity contribution in [1.82, 2.24) is 14.9 Å². The summed E-state index contributed by atoms with van der Waals surface area (Å²) >= 11 is 1.41. The number of benzene rings is 1. The predicted octanol–water partition coefficient (Wildman–Crippen LogP) is 3.24. The molecule has 0 aliphatic rings. The maximum Gasteiger partial charge on any atom is 0.338 e. The monoisotopic (exact) mass is 363 g/mol. The zero-order valence-corrected chi connectivity index (χ0v) is 15.8. The number of unbranched alkanes of at least 4 members (excludes halogenated alkanes) is 1. The van der Waals surface area contributed by atoms with Crippen molar-refractivity contribution in [2.24, 2.45) is 0 Å². The summed E-state index contributed by atoms with van der Waals surface area (Å²) in [4.78, 5) is 28.4. The maximum atomic E-state index is 11.9. The van der Waals surface area contributed by atoms with Crippen molar-refractivity contribution >= 4 is 34.7 Å². The van der Waals surface area contributed by atoms with Crippen LogP contribution in [0, 0.1) is 0 Å². The number of nitrogens with zero attached hydrogens (tertiary/aromatic N) is 2. The fourth-order valence-corrected chi connectivity index (χ4v) is 3.36. The van der Waals surface area contributed by atoms with Crippen LogP contribution in [-0.4, -0.2) is 40.3 Å². The number of amides is 1. The number of carbonyl (C=O) groups excluding carboxylic acids is 2. The topological polar surface area (TPSA) is 73.2 Å². The molecule has 2 aromatic rings. The van der Waals surface area contributed by atoms with Crippen molar-refractivity contribution in [2.45, 2.75) is 45.3 Å². The first-order valence-electron chi connectivity index (χ1n) is 8.67. The summed E-state index contributed by atoms with van der Waals surface area (Å²) in [6.07, 6.45) is 2.04. The molecule has 0 atom stereocenters. The minimum atomic E-state index is -0.347. The van der Waals surface area contributed by atoms with Crippen LogP contribution in [0.15, 0.2) is 23.4 Å². The van der Waals surface area contributed by atoms with Gasteiger partial charge < -0.3 is 14.6 Å². The van der Waals surface area contributed by atoms with E-state index in [0.29, 0.717) is 24.5 Å². The molecule has 0 radical (unpaired) electrons. The Morgan fingerprint density at radius 2 is 2.08 bits per heavy atom. The highest BCUT2D eigenvalue weighted by Crippen LogP contribution is 2.25. The average molecular weight is 363 g/mol. The van der Waals surface area contributed by atoms with E-state index in [2.05, 4.69) is 17.2 Å². The summed E-state index contributed by atoms with van der Waals surface area (Å²) in [6.45, 7) is 7.70. The van der Waals surface area contributed by atoms with E-state index in [9.17, 15) is 9.59 Å². The lowest BCUT2D eigenvalue weighted by atomic mass is 10.2. The molecule has 0 saturated carbocycles. The molecule has 1 amide bonds. The number of ether oxygens (including phenoxy) is 1. The molecule has 136 valence electrons. The second-order valence-corrected chi connectivity index (χ2v) is 6.50. The van der Waals surface area contributed by atoms with E-state index in [1.165, 1.54) is 11.8 Å². The molecule has 1 aromatic heterocycles. The van der Waals surface area contributed by atoms with Crippen LogP contribution in [0.3, 0.4) is 0 Å². The number of imidazole rings is 1. The van der Waals surface area contributed by atoms with Gasteiger partial charge in [0.1, 0.15) is 0 Å². The lowest BCUT2D eigenvalue weighted by Gasteiger charge is -2.06. The van der Waals surface area contributed by atoms with Crippen LogP contribution < -0.4 is 5.32 Å². The summed E-state index contributed by atoms with van der Waals surface area (Å²) < 4.78 is 7.08. The lowest BCUT2D eigenvalue weighted by molar-refractivity contribution is -0.118. The van der Waals surface area contributed by atoms with E-state index >= 15 is 0 Å². The van der Waals surface area contributed by atoms with Crippen molar-refractivity contribution in [3.05, 3.63) is 23.8 Å². The van der Waals surface area contributed by atoms with E-state index < -0.39 is 0 Å². The SMILES string of the molecule is CCCCNC(=O)CSc1nc2cc(C(=O)OCC)ccc2n1CC. The Morgan fingerprint density at radius 1 is 1.28 bits per heavy atom. The molecule has 0 aliphatic carbocycles. The zero-order valence-electron chi connectivity index (χ0n) is 15.0. The van der Waals surface area contributed by atoms with E-state index in [1.54, 1.807) is 19.1 Å². The molecule has 0 aliphatic heterocycles. The minimum Gasteiger partial charge on any atom is -0.462 e. The fourth-order valence-electron chi connectivity index (χ4n) is 2.45. The second kappa shape index (κ2) is 9.46. The third-order valence-corrected chi connectivity index (χ3v) is 4.70. The molecular weight excluding hydrogens is 338 g/mol. The number of fused-ring (bicyclic) bond motifs is 1. The summed E-state index contributed by atoms with van der Waals surface area (Å²) in [7, 11) is 0. The number of hydrogen-bond donors (Lipinski definition) is 1. The van der Waals surface area contributed by atoms with Gasteiger partial charge >= 0.3 is 5.97 Å². The Kier molecular flexibility index (Phi) is 7.31. The molecule has 25 heavy (non-hydrogen) atoms. The number of nitrogens with one attached hydrogen (secondary N) is 1. The number of hydrogen-bond acceptors (Lipinski definition) is 5. The molecule has 0 spiro atoms. The quantitative estimate of drug-likeness (QED) is 0.421. The number of aromatic nitrogens is 2. The molecule has 1 N–H and O–H groups in total. The highest BCUT2D eigenvalue weighted by Gasteiger charge is 2.14. The molecule has 2 rings (SSSR count). The van der Waals surface area contributed by atoms with E-state index in [0.717, 1.165) is 35.6 Å². The molecule has 0 saturated heterocycles. The fraction of sp³-hybridized carbons (Fsp3) is 0.500. The van der Waals surface area contributed by atoms with Crippen molar-refractivity contribution in [1.29, 1.82) is 0 Å². The van der Waals surface area contributed by atoms with Gasteiger partial charge in [-0.1, -0.05) is 25.1 Å². The van der Waals surface area contributed by atoms with Gasteiger partial charge in [0.15, 0.2) is 5.16 Å². The number of thioether (sulfide) groups is 1. The van der Waals surface area contributed by atoms with Crippen LogP contribution in [0.5, 0.6) is 0 Å². The summed E-state index contributed by atoms with van der Waals surface area (Å²) in [6, 6.07) is 5.37. The third kappa shape index (κ3) is 4.98. The van der Waals surface area contributed by atoms with Crippen molar-refractivity contribution in [3.63, 3.8) is 0 Å². The van der Waals surface area contributed by atoms with Gasteiger partial charge in [-0.3, -0.25) is 4.79 Å². The lowest BCUT2D eigenvalue weighted by Crippen LogP contribution is -2.26. The normalized spacial score (nSPS) is 10.8. The number of rotatable bonds is 9. The van der Waals surface area contributed by atoms with Crippen LogP contribution >= 0.6 is 11.8 Å². The summed E-state index contributed by atoms with van der Waals surface area (Å²) in [5.74, 6) is -0.00191. The van der Waals surface area contributed by atoms with Crippen LogP contribution in [0.2, 0.25) is 0 Å². The molecule has 6 nitrogen and oxygen atoms in total. The molecule has 0 bridgehead atoms. The van der Waals surface area contributed by atoms with Gasteiger partial charge in [0.2, 0.25) is 5.91 Å². The highest BCUT2D eigenvalue weighted by molar-refractivity contribution is 7.99. The Balaban J connectivity index is 2.14. The largest absolute Gasteiger partial charge is 0.462 e. The first-order valence-corrected chi connectivity index (χ1v) is 9.66. The number of esters is 1. The highest BCUT2D eigenvalue weighted by atomic mass is 32.2. The van der Waals surface area contributed by atoms with E-state index in [4.69, 9.17) is 4.74 Å². The molecule has 7 heteroatoms. The Labute approximate surface area is 152 Å². The predicted molar refractivity (Wildman–Crippen MR) is 100 cm³/mol. The van der Waals surface area contributed by atoms with Crippen LogP contribution in [0.25, 0.3) is 11.0 Å². The average Bonchev–Trinajstić information content (AvgIpc) is 2.97. The molecule has 1 aromatic carbocycles. The van der Waals surface area contributed by atoms with Crippen LogP contribution in [-0.2, 0) is 16.1 Å². The number of aryl methyl sites for hydroxylation is 1. The van der Waals surface area contributed by atoms with Crippen molar-refractivity contribution < 1.29 is 14.3 Å². The van der Waals surface area contributed by atoms with Gasteiger partial charge in [-0.2, -0.15) is 0 Å². The van der Waals surface area contributed by atoms with E-state index in [-0.39, 0.29) is 11.9 Å². The molecule has 0 unspecified atom stereocenters. The standard InChI is InChI=1S/C18H25N3O3S/c1-4-7-10-19-16(22)12-25-18-20-14-11-13(17(23)24-6-3)8-9-15(14)21(18)5-2/h8-9,11H,4-7,10,12H2,1-3H3,(H,19,22). The Morgan fingerprint density at radius 3 is 2.76 bits per heavy atom. The van der Waals surface area contributed by atoms with Gasteiger partial charge in [0, 0.05) is 13.1 Å². The summed E-state index contributed by atoms with van der Waals surface area (Å²) in [5.41, 5.74) is 2.18. The summed E-state index contributed by atoms with van der Waals surface area (Å²) in [5, 5.41) is 3.69. The maximum absolute atomic E-state index is 11.9. The third-order valence-electron chi connectivity index (χ3n) is 3.73. The Hall–Kier alpha value is -2.02. The van der Waals surface area contributed by atoms with Gasteiger partial charge in [-0.15, -0.1) is 0 Å². The van der Waals surface area contributed by atoms with E-state index in [1.807, 2.05) is 17.6 Å².